The first-order valence-electron chi connectivity index (χ1n) is 9.00. The van der Waals surface area contributed by atoms with Gasteiger partial charge >= 0.3 is 6.09 Å². The summed E-state index contributed by atoms with van der Waals surface area (Å²) in [5, 5.41) is 3.49. The van der Waals surface area contributed by atoms with E-state index in [0.29, 0.717) is 18.2 Å². The minimum absolute atomic E-state index is 0.0376. The molecule has 2 aliphatic rings. The molecule has 2 heterocycles. The summed E-state index contributed by atoms with van der Waals surface area (Å²) in [7, 11) is -2.90. The largest absolute Gasteiger partial charge is 0.444 e. The third kappa shape index (κ3) is 5.92. The Labute approximate surface area is 146 Å². The maximum absolute atomic E-state index is 12.3. The average molecular weight is 361 g/mol. The molecule has 0 saturated carbocycles. The number of amides is 1. The highest BCUT2D eigenvalue weighted by Gasteiger charge is 2.32. The van der Waals surface area contributed by atoms with Gasteiger partial charge in [0.25, 0.3) is 0 Å². The second-order valence-corrected chi connectivity index (χ2v) is 10.5. The first-order valence-corrected chi connectivity index (χ1v) is 10.8. The molecule has 24 heavy (non-hydrogen) atoms. The smallest absolute Gasteiger partial charge is 0.410 e. The average Bonchev–Trinajstić information content (AvgIpc) is 2.44. The van der Waals surface area contributed by atoms with Gasteiger partial charge in [-0.25, -0.2) is 13.2 Å². The fourth-order valence-corrected chi connectivity index (χ4v) is 5.22. The molecule has 140 valence electrons. The number of hydrogen-bond donors (Lipinski definition) is 1. The predicted molar refractivity (Wildman–Crippen MR) is 94.8 cm³/mol. The number of likely N-dealkylation sites (tertiary alicyclic amines) is 1. The van der Waals surface area contributed by atoms with Crippen LogP contribution in [0.4, 0.5) is 4.79 Å². The number of carbonyl (C=O) groups excluding carboxylic acids is 1. The number of sulfone groups is 1. The summed E-state index contributed by atoms with van der Waals surface area (Å²) in [5.74, 6) is 0.880. The van der Waals surface area contributed by atoms with Gasteiger partial charge in [0.15, 0.2) is 9.84 Å². The Morgan fingerprint density at radius 3 is 2.58 bits per heavy atom. The van der Waals surface area contributed by atoms with Crippen LogP contribution in [0, 0.1) is 5.92 Å². The van der Waals surface area contributed by atoms with Gasteiger partial charge < -0.3 is 15.0 Å². The molecule has 6 nitrogen and oxygen atoms in total. The molecule has 0 spiro atoms. The molecule has 2 saturated heterocycles. The highest BCUT2D eigenvalue weighted by Crippen LogP contribution is 2.23. The minimum Gasteiger partial charge on any atom is -0.444 e. The number of nitrogens with zero attached hydrogens (tertiary/aromatic N) is 1. The molecule has 2 aliphatic heterocycles. The maximum atomic E-state index is 12.3. The third-order valence-corrected chi connectivity index (χ3v) is 6.60. The van der Waals surface area contributed by atoms with Gasteiger partial charge in [-0.15, -0.1) is 0 Å². The number of nitrogens with one attached hydrogen (secondary N) is 1. The normalized spacial score (nSPS) is 29.1. The van der Waals surface area contributed by atoms with Gasteiger partial charge in [-0.1, -0.05) is 0 Å². The summed E-state index contributed by atoms with van der Waals surface area (Å²) < 4.78 is 29.0. The van der Waals surface area contributed by atoms with Gasteiger partial charge in [0.05, 0.1) is 11.5 Å². The van der Waals surface area contributed by atoms with Crippen molar-refractivity contribution in [3.63, 3.8) is 0 Å². The molecular weight excluding hydrogens is 328 g/mol. The summed E-state index contributed by atoms with van der Waals surface area (Å²) >= 11 is 0. The van der Waals surface area contributed by atoms with Crippen molar-refractivity contribution >= 4 is 15.9 Å². The molecule has 0 radical (unpaired) electrons. The number of hydrogen-bond acceptors (Lipinski definition) is 5. The van der Waals surface area contributed by atoms with E-state index in [2.05, 4.69) is 12.2 Å². The first-order chi connectivity index (χ1) is 11.1. The first kappa shape index (κ1) is 19.5. The highest BCUT2D eigenvalue weighted by atomic mass is 32.2. The van der Waals surface area contributed by atoms with Crippen LogP contribution in [0.25, 0.3) is 0 Å². The summed E-state index contributed by atoms with van der Waals surface area (Å²) in [6.45, 7) is 9.13. The number of ether oxygens (including phenoxy) is 1. The lowest BCUT2D eigenvalue weighted by atomic mass is 9.91. The highest BCUT2D eigenvalue weighted by molar-refractivity contribution is 7.91. The van der Waals surface area contributed by atoms with E-state index in [1.807, 2.05) is 20.8 Å². The fraction of sp³-hybridized carbons (Fsp3) is 0.941. The molecule has 7 heteroatoms. The van der Waals surface area contributed by atoms with Gasteiger partial charge in [0.1, 0.15) is 5.60 Å². The molecule has 0 bridgehead atoms. The van der Waals surface area contributed by atoms with E-state index in [9.17, 15) is 13.2 Å². The fourth-order valence-electron chi connectivity index (χ4n) is 3.57. The molecule has 0 aliphatic carbocycles. The molecule has 3 unspecified atom stereocenters. The molecular formula is C17H32N2O4S. The van der Waals surface area contributed by atoms with Crippen LogP contribution in [0.15, 0.2) is 0 Å². The Bertz CT molecular complexity index is 541. The monoisotopic (exact) mass is 360 g/mol. The summed E-state index contributed by atoms with van der Waals surface area (Å²) in [5.41, 5.74) is -0.482. The summed E-state index contributed by atoms with van der Waals surface area (Å²) in [4.78, 5) is 14.0. The zero-order valence-electron chi connectivity index (χ0n) is 15.4. The van der Waals surface area contributed by atoms with E-state index in [4.69, 9.17) is 4.74 Å². The van der Waals surface area contributed by atoms with E-state index in [1.54, 1.807) is 4.90 Å². The molecule has 0 aromatic rings. The van der Waals surface area contributed by atoms with E-state index < -0.39 is 15.4 Å². The van der Waals surface area contributed by atoms with Crippen LogP contribution in [-0.4, -0.2) is 61.7 Å². The number of rotatable bonds is 3. The summed E-state index contributed by atoms with van der Waals surface area (Å²) in [6.07, 6.45) is 3.40. The van der Waals surface area contributed by atoms with Crippen LogP contribution < -0.4 is 5.32 Å². The third-order valence-electron chi connectivity index (χ3n) is 4.78. The van der Waals surface area contributed by atoms with Crippen molar-refractivity contribution in [1.29, 1.82) is 0 Å². The lowest BCUT2D eigenvalue weighted by Gasteiger charge is -2.38. The zero-order chi connectivity index (χ0) is 18.0. The molecule has 0 aromatic carbocycles. The van der Waals surface area contributed by atoms with Crippen molar-refractivity contribution in [2.75, 3.05) is 24.6 Å². The van der Waals surface area contributed by atoms with Gasteiger partial charge in [-0.3, -0.25) is 0 Å². The standard InChI is InChI=1S/C17H32N2O4S/c1-13(18-15-8-6-10-24(21,22)12-15)14-7-5-9-19(11-14)16(20)23-17(2,3)4/h13-15,18H,5-12H2,1-4H3. The van der Waals surface area contributed by atoms with Crippen molar-refractivity contribution in [2.24, 2.45) is 5.92 Å². The second-order valence-electron chi connectivity index (χ2n) is 8.24. The summed E-state index contributed by atoms with van der Waals surface area (Å²) in [6, 6.07) is 0.226. The van der Waals surface area contributed by atoms with Crippen molar-refractivity contribution in [3.05, 3.63) is 0 Å². The van der Waals surface area contributed by atoms with Crippen molar-refractivity contribution in [2.45, 2.75) is 71.1 Å². The topological polar surface area (TPSA) is 75.7 Å². The molecule has 1 amide bonds. The number of carbonyl (C=O) groups is 1. The van der Waals surface area contributed by atoms with Crippen molar-refractivity contribution in [1.82, 2.24) is 10.2 Å². The molecule has 0 aromatic heterocycles. The Hall–Kier alpha value is -0.820. The van der Waals surface area contributed by atoms with Crippen LogP contribution in [0.2, 0.25) is 0 Å². The minimum atomic E-state index is -2.90. The van der Waals surface area contributed by atoms with Gasteiger partial charge in [-0.2, -0.15) is 0 Å². The molecule has 3 atom stereocenters. The SMILES string of the molecule is CC(NC1CCCS(=O)(=O)C1)C1CCCN(C(=O)OC(C)(C)C)C1. The lowest BCUT2D eigenvalue weighted by Crippen LogP contribution is -2.51. The van der Waals surface area contributed by atoms with Gasteiger partial charge in [-0.05, 0) is 59.3 Å². The Kier molecular flexibility index (Phi) is 6.18. The van der Waals surface area contributed by atoms with Crippen LogP contribution in [0.5, 0.6) is 0 Å². The van der Waals surface area contributed by atoms with Gasteiger partial charge in [0.2, 0.25) is 0 Å². The maximum Gasteiger partial charge on any atom is 0.410 e. The molecule has 2 rings (SSSR count). The Balaban J connectivity index is 1.88. The van der Waals surface area contributed by atoms with Gasteiger partial charge in [0, 0.05) is 25.2 Å². The van der Waals surface area contributed by atoms with Crippen LogP contribution in [0.1, 0.15) is 53.4 Å². The zero-order valence-corrected chi connectivity index (χ0v) is 16.2. The van der Waals surface area contributed by atoms with Crippen molar-refractivity contribution < 1.29 is 17.9 Å². The van der Waals surface area contributed by atoms with E-state index in [1.165, 1.54) is 0 Å². The second kappa shape index (κ2) is 7.60. The Morgan fingerprint density at radius 2 is 1.96 bits per heavy atom. The van der Waals surface area contributed by atoms with E-state index in [-0.39, 0.29) is 23.9 Å². The predicted octanol–water partition coefficient (Wildman–Crippen LogP) is 2.19. The molecule has 2 fully saturated rings. The Morgan fingerprint density at radius 1 is 1.25 bits per heavy atom. The van der Waals surface area contributed by atoms with Crippen LogP contribution >= 0.6 is 0 Å². The van der Waals surface area contributed by atoms with Crippen LogP contribution in [-0.2, 0) is 14.6 Å². The molecule has 1 N–H and O–H groups in total. The quantitative estimate of drug-likeness (QED) is 0.835. The lowest BCUT2D eigenvalue weighted by molar-refractivity contribution is 0.0146. The van der Waals surface area contributed by atoms with E-state index in [0.717, 1.165) is 32.2 Å². The number of piperidine rings is 1. The van der Waals surface area contributed by atoms with Crippen LogP contribution in [0.3, 0.4) is 0 Å². The van der Waals surface area contributed by atoms with E-state index >= 15 is 0 Å². The van der Waals surface area contributed by atoms with Crippen molar-refractivity contribution in [3.8, 4) is 0 Å².